The minimum absolute atomic E-state index is 0. The summed E-state index contributed by atoms with van der Waals surface area (Å²) in [7, 11) is 0. The van der Waals surface area contributed by atoms with Gasteiger partial charge in [-0.2, -0.15) is 0 Å². The minimum Gasteiger partial charge on any atom is -0.314 e. The molecule has 0 aromatic heterocycles. The third-order valence-corrected chi connectivity index (χ3v) is 3.49. The maximum atomic E-state index is 3.56. The first-order valence-electron chi connectivity index (χ1n) is 4.97. The Balaban J connectivity index is 0.00000112. The Morgan fingerprint density at radius 2 is 2.13 bits per heavy atom. The number of piperazine rings is 1. The van der Waals surface area contributed by atoms with E-state index in [0.717, 1.165) is 19.6 Å². The molecule has 1 heterocycles. The fourth-order valence-electron chi connectivity index (χ4n) is 1.71. The largest absolute Gasteiger partial charge is 0.314 e. The molecule has 1 aliphatic heterocycles. The summed E-state index contributed by atoms with van der Waals surface area (Å²) in [5, 5.41) is 6.89. The van der Waals surface area contributed by atoms with Gasteiger partial charge >= 0.3 is 0 Å². The van der Waals surface area contributed by atoms with Crippen LogP contribution in [0.15, 0.2) is 22.7 Å². The van der Waals surface area contributed by atoms with E-state index in [1.807, 2.05) is 0 Å². The fourth-order valence-corrected chi connectivity index (χ4v) is 2.11. The number of nitrogens with one attached hydrogen (secondary N) is 2. The molecular formula is C11H16BrClN2. The van der Waals surface area contributed by atoms with Gasteiger partial charge in [-0.3, -0.25) is 0 Å². The Kier molecular flexibility index (Phi) is 5.06. The average Bonchev–Trinajstić information content (AvgIpc) is 2.23. The van der Waals surface area contributed by atoms with E-state index in [9.17, 15) is 0 Å². The molecule has 0 bridgehead atoms. The predicted molar refractivity (Wildman–Crippen MR) is 69.7 cm³/mol. The summed E-state index contributed by atoms with van der Waals surface area (Å²) in [5.41, 5.74) is 2.65. The van der Waals surface area contributed by atoms with E-state index in [1.165, 1.54) is 15.6 Å². The van der Waals surface area contributed by atoms with Crippen molar-refractivity contribution in [2.45, 2.75) is 13.0 Å². The van der Waals surface area contributed by atoms with Crippen LogP contribution in [-0.2, 0) is 0 Å². The van der Waals surface area contributed by atoms with Gasteiger partial charge in [0.1, 0.15) is 0 Å². The molecule has 0 aliphatic carbocycles. The molecule has 2 rings (SSSR count). The van der Waals surface area contributed by atoms with Crippen LogP contribution in [0.4, 0.5) is 0 Å². The zero-order chi connectivity index (χ0) is 9.97. The maximum Gasteiger partial charge on any atom is 0.0447 e. The van der Waals surface area contributed by atoms with E-state index in [0.29, 0.717) is 6.04 Å². The van der Waals surface area contributed by atoms with Crippen molar-refractivity contribution in [3.63, 3.8) is 0 Å². The second kappa shape index (κ2) is 5.85. The summed E-state index contributed by atoms with van der Waals surface area (Å²) in [4.78, 5) is 0. The zero-order valence-corrected chi connectivity index (χ0v) is 11.1. The smallest absolute Gasteiger partial charge is 0.0447 e. The molecule has 0 spiro atoms. The molecule has 1 saturated heterocycles. The van der Waals surface area contributed by atoms with Crippen LogP contribution in [0.5, 0.6) is 0 Å². The molecule has 0 radical (unpaired) electrons. The first-order valence-corrected chi connectivity index (χ1v) is 5.77. The standard InChI is InChI=1S/C11H15BrN2.ClH/c1-8-2-3-9(6-10(8)12)11-7-13-4-5-14-11;/h2-3,6,11,13-14H,4-5,7H2,1H3;1H/t11-;/m1./s1. The Bertz CT molecular complexity index is 324. The first-order chi connectivity index (χ1) is 6.77. The molecule has 1 aromatic rings. The summed E-state index contributed by atoms with van der Waals surface area (Å²) in [6.07, 6.45) is 0. The minimum atomic E-state index is 0. The Morgan fingerprint density at radius 1 is 1.33 bits per heavy atom. The highest BCUT2D eigenvalue weighted by Gasteiger charge is 2.14. The number of aryl methyl sites for hydroxylation is 1. The second-order valence-electron chi connectivity index (χ2n) is 3.72. The zero-order valence-electron chi connectivity index (χ0n) is 8.72. The van der Waals surface area contributed by atoms with E-state index < -0.39 is 0 Å². The molecule has 15 heavy (non-hydrogen) atoms. The molecule has 2 N–H and O–H groups in total. The summed E-state index contributed by atoms with van der Waals surface area (Å²) < 4.78 is 1.20. The van der Waals surface area contributed by atoms with Crippen LogP contribution in [0.1, 0.15) is 17.2 Å². The summed E-state index contributed by atoms with van der Waals surface area (Å²) in [6.45, 7) is 5.26. The van der Waals surface area contributed by atoms with Crippen LogP contribution in [0.2, 0.25) is 0 Å². The van der Waals surface area contributed by atoms with Gasteiger partial charge in [0.2, 0.25) is 0 Å². The quantitative estimate of drug-likeness (QED) is 0.830. The summed E-state index contributed by atoms with van der Waals surface area (Å²) in [6, 6.07) is 7.03. The molecule has 2 nitrogen and oxygen atoms in total. The SMILES string of the molecule is Cc1ccc([C@H]2CNCCN2)cc1Br.Cl. The van der Waals surface area contributed by atoms with E-state index >= 15 is 0 Å². The molecular weight excluding hydrogens is 275 g/mol. The van der Waals surface area contributed by atoms with Gasteiger partial charge < -0.3 is 10.6 Å². The van der Waals surface area contributed by atoms with Crippen LogP contribution < -0.4 is 10.6 Å². The number of benzene rings is 1. The molecule has 1 aliphatic rings. The van der Waals surface area contributed by atoms with Crippen molar-refractivity contribution in [3.05, 3.63) is 33.8 Å². The monoisotopic (exact) mass is 290 g/mol. The van der Waals surface area contributed by atoms with Crippen molar-refractivity contribution in [1.82, 2.24) is 10.6 Å². The van der Waals surface area contributed by atoms with E-state index in [1.54, 1.807) is 0 Å². The summed E-state index contributed by atoms with van der Waals surface area (Å²) in [5.74, 6) is 0. The van der Waals surface area contributed by atoms with Gasteiger partial charge in [0.05, 0.1) is 0 Å². The maximum absolute atomic E-state index is 3.56. The van der Waals surface area contributed by atoms with Gasteiger partial charge in [0.25, 0.3) is 0 Å². The van der Waals surface area contributed by atoms with E-state index in [2.05, 4.69) is 51.7 Å². The molecule has 0 saturated carbocycles. The van der Waals surface area contributed by atoms with Crippen LogP contribution in [0.3, 0.4) is 0 Å². The number of hydrogen-bond acceptors (Lipinski definition) is 2. The number of hydrogen-bond donors (Lipinski definition) is 2. The van der Waals surface area contributed by atoms with E-state index in [-0.39, 0.29) is 12.4 Å². The normalized spacial score (nSPS) is 20.8. The van der Waals surface area contributed by atoms with Crippen LogP contribution in [0.25, 0.3) is 0 Å². The molecule has 4 heteroatoms. The average molecular weight is 292 g/mol. The van der Waals surface area contributed by atoms with Crippen molar-refractivity contribution in [2.24, 2.45) is 0 Å². The fraction of sp³-hybridized carbons (Fsp3) is 0.455. The third kappa shape index (κ3) is 3.18. The van der Waals surface area contributed by atoms with Gasteiger partial charge in [-0.1, -0.05) is 28.1 Å². The van der Waals surface area contributed by atoms with Gasteiger partial charge in [-0.05, 0) is 24.1 Å². The Labute approximate surface area is 105 Å². The lowest BCUT2D eigenvalue weighted by Crippen LogP contribution is -2.42. The predicted octanol–water partition coefficient (Wildman–Crippen LogP) is 2.41. The first kappa shape index (κ1) is 13.0. The van der Waals surface area contributed by atoms with Crippen LogP contribution >= 0.6 is 28.3 Å². The van der Waals surface area contributed by atoms with Gasteiger partial charge in [-0.15, -0.1) is 12.4 Å². The van der Waals surface area contributed by atoms with Crippen LogP contribution in [-0.4, -0.2) is 19.6 Å². The Hall–Kier alpha value is -0.0900. The molecule has 0 unspecified atom stereocenters. The van der Waals surface area contributed by atoms with Crippen molar-refractivity contribution in [2.75, 3.05) is 19.6 Å². The highest BCUT2D eigenvalue weighted by Crippen LogP contribution is 2.22. The van der Waals surface area contributed by atoms with Crippen molar-refractivity contribution in [1.29, 1.82) is 0 Å². The number of rotatable bonds is 1. The number of halogens is 2. The topological polar surface area (TPSA) is 24.1 Å². The second-order valence-corrected chi connectivity index (χ2v) is 4.57. The lowest BCUT2D eigenvalue weighted by atomic mass is 10.0. The lowest BCUT2D eigenvalue weighted by molar-refractivity contribution is 0.430. The third-order valence-electron chi connectivity index (χ3n) is 2.64. The molecule has 84 valence electrons. The van der Waals surface area contributed by atoms with Crippen molar-refractivity contribution in [3.8, 4) is 0 Å². The van der Waals surface area contributed by atoms with Gasteiger partial charge in [-0.25, -0.2) is 0 Å². The lowest BCUT2D eigenvalue weighted by Gasteiger charge is -2.25. The van der Waals surface area contributed by atoms with Crippen LogP contribution in [0, 0.1) is 6.92 Å². The van der Waals surface area contributed by atoms with Gasteiger partial charge in [0, 0.05) is 30.1 Å². The van der Waals surface area contributed by atoms with Gasteiger partial charge in [0.15, 0.2) is 0 Å². The highest BCUT2D eigenvalue weighted by atomic mass is 79.9. The summed E-state index contributed by atoms with van der Waals surface area (Å²) >= 11 is 3.56. The molecule has 1 aromatic carbocycles. The van der Waals surface area contributed by atoms with E-state index in [4.69, 9.17) is 0 Å². The van der Waals surface area contributed by atoms with Crippen molar-refractivity contribution >= 4 is 28.3 Å². The highest BCUT2D eigenvalue weighted by molar-refractivity contribution is 9.10. The van der Waals surface area contributed by atoms with Crippen molar-refractivity contribution < 1.29 is 0 Å². The Morgan fingerprint density at radius 3 is 2.73 bits per heavy atom. The molecule has 1 fully saturated rings. The molecule has 1 atom stereocenters. The molecule has 0 amide bonds.